The number of anilines is 1. The largest absolute Gasteiger partial charge is 0.387 e. The summed E-state index contributed by atoms with van der Waals surface area (Å²) in [6, 6.07) is 7.99. The molecule has 2 N–H and O–H groups in total. The van der Waals surface area contributed by atoms with Crippen LogP contribution in [0, 0.1) is 5.41 Å². The monoisotopic (exact) mass is 495 g/mol. The maximum Gasteiger partial charge on any atom is 0.231 e. The average molecular weight is 496 g/mol. The summed E-state index contributed by atoms with van der Waals surface area (Å²) >= 11 is 6.17. The van der Waals surface area contributed by atoms with Crippen molar-refractivity contribution in [2.75, 3.05) is 37.6 Å². The van der Waals surface area contributed by atoms with E-state index in [-0.39, 0.29) is 23.8 Å². The van der Waals surface area contributed by atoms with Gasteiger partial charge >= 0.3 is 0 Å². The summed E-state index contributed by atoms with van der Waals surface area (Å²) in [7, 11) is 0. The molecule has 0 bridgehead atoms. The van der Waals surface area contributed by atoms with Gasteiger partial charge in [-0.1, -0.05) is 37.1 Å². The van der Waals surface area contributed by atoms with Gasteiger partial charge in [0.05, 0.1) is 17.7 Å². The Morgan fingerprint density at radius 2 is 1.91 bits per heavy atom. The lowest BCUT2D eigenvalue weighted by molar-refractivity contribution is -0.133. The number of piperazine rings is 1. The number of benzene rings is 1. The van der Waals surface area contributed by atoms with Crippen LogP contribution in [-0.2, 0) is 4.79 Å². The Kier molecular flexibility index (Phi) is 5.98. The molecule has 2 aliphatic carbocycles. The maximum absolute atomic E-state index is 14.0. The molecule has 1 saturated carbocycles. The van der Waals surface area contributed by atoms with E-state index in [9.17, 15) is 9.90 Å². The van der Waals surface area contributed by atoms with Crippen molar-refractivity contribution in [2.45, 2.75) is 63.0 Å². The van der Waals surface area contributed by atoms with E-state index in [1.54, 1.807) is 6.33 Å². The van der Waals surface area contributed by atoms with E-state index < -0.39 is 6.10 Å². The van der Waals surface area contributed by atoms with Crippen molar-refractivity contribution in [3.05, 3.63) is 52.4 Å². The highest BCUT2D eigenvalue weighted by molar-refractivity contribution is 6.30. The van der Waals surface area contributed by atoms with Gasteiger partial charge in [0.25, 0.3) is 0 Å². The number of hydrogen-bond acceptors (Lipinski definition) is 6. The lowest BCUT2D eigenvalue weighted by Gasteiger charge is -2.40. The van der Waals surface area contributed by atoms with Gasteiger partial charge in [-0.25, -0.2) is 9.97 Å². The number of amides is 1. The highest BCUT2D eigenvalue weighted by atomic mass is 35.5. The molecule has 0 radical (unpaired) electrons. The SMILES string of the molecule is C[C@@H]1C[C@@H](O)c2ncnc(N3CCN(C(=O)[C@@H](c4ccc(Cl)cc4)[C@@H]4CC5(CCC5)CN4)CC3)c21. The first-order valence-corrected chi connectivity index (χ1v) is 13.4. The summed E-state index contributed by atoms with van der Waals surface area (Å²) in [5.41, 5.74) is 3.27. The van der Waals surface area contributed by atoms with Gasteiger partial charge in [0.1, 0.15) is 12.1 Å². The Balaban J connectivity index is 1.20. The van der Waals surface area contributed by atoms with E-state index in [0.717, 1.165) is 48.7 Å². The second kappa shape index (κ2) is 9.02. The second-order valence-corrected chi connectivity index (χ2v) is 11.5. The number of fused-ring (bicyclic) bond motifs is 1. The molecule has 3 heterocycles. The van der Waals surface area contributed by atoms with Crippen LogP contribution in [0.4, 0.5) is 5.82 Å². The van der Waals surface area contributed by atoms with E-state index in [2.05, 4.69) is 27.1 Å². The molecule has 8 heteroatoms. The van der Waals surface area contributed by atoms with Gasteiger partial charge in [0.2, 0.25) is 5.91 Å². The highest BCUT2D eigenvalue weighted by Crippen LogP contribution is 2.49. The number of carbonyl (C=O) groups excluding carboxylic acids is 1. The van der Waals surface area contributed by atoms with Crippen LogP contribution >= 0.6 is 11.6 Å². The van der Waals surface area contributed by atoms with Crippen LogP contribution in [0.3, 0.4) is 0 Å². The lowest BCUT2D eigenvalue weighted by atomic mass is 9.66. The van der Waals surface area contributed by atoms with Crippen molar-refractivity contribution < 1.29 is 9.90 Å². The quantitative estimate of drug-likeness (QED) is 0.674. The molecule has 1 aromatic carbocycles. The molecule has 2 aliphatic heterocycles. The summed E-state index contributed by atoms with van der Waals surface area (Å²) in [5.74, 6) is 1.16. The number of rotatable bonds is 4. The first-order valence-electron chi connectivity index (χ1n) is 13.0. The summed E-state index contributed by atoms with van der Waals surface area (Å²) in [6.07, 6.45) is 6.66. The van der Waals surface area contributed by atoms with Gasteiger partial charge in [0, 0.05) is 49.4 Å². The number of hydrogen-bond donors (Lipinski definition) is 2. The third-order valence-electron chi connectivity index (χ3n) is 8.87. The molecule has 1 spiro atoms. The van der Waals surface area contributed by atoms with Crippen molar-refractivity contribution >= 4 is 23.3 Å². The first-order chi connectivity index (χ1) is 16.9. The first kappa shape index (κ1) is 23.2. The normalized spacial score (nSPS) is 28.1. The minimum Gasteiger partial charge on any atom is -0.387 e. The van der Waals surface area contributed by atoms with Crippen LogP contribution in [0.1, 0.15) is 73.8 Å². The number of aromatic nitrogens is 2. The fourth-order valence-electron chi connectivity index (χ4n) is 6.76. The topological polar surface area (TPSA) is 81.6 Å². The Morgan fingerprint density at radius 3 is 2.57 bits per heavy atom. The van der Waals surface area contributed by atoms with E-state index in [4.69, 9.17) is 11.6 Å². The van der Waals surface area contributed by atoms with Gasteiger partial charge in [-0.05, 0) is 54.7 Å². The van der Waals surface area contributed by atoms with Crippen LogP contribution in [0.15, 0.2) is 30.6 Å². The van der Waals surface area contributed by atoms with Crippen LogP contribution in [0.25, 0.3) is 0 Å². The second-order valence-electron chi connectivity index (χ2n) is 11.0. The van der Waals surface area contributed by atoms with Gasteiger partial charge in [-0.2, -0.15) is 0 Å². The predicted molar refractivity (Wildman–Crippen MR) is 136 cm³/mol. The Bertz CT molecular complexity index is 1100. The average Bonchev–Trinajstić information content (AvgIpc) is 3.42. The van der Waals surface area contributed by atoms with Gasteiger partial charge in [0.15, 0.2) is 0 Å². The minimum absolute atomic E-state index is 0.162. The number of aliphatic hydroxyl groups is 1. The van der Waals surface area contributed by atoms with E-state index in [1.165, 1.54) is 19.3 Å². The molecule has 7 nitrogen and oxygen atoms in total. The fraction of sp³-hybridized carbons (Fsp3) is 0.593. The number of carbonyl (C=O) groups is 1. The summed E-state index contributed by atoms with van der Waals surface area (Å²) in [5, 5.41) is 14.8. The Hall–Kier alpha value is -2.22. The number of nitrogens with one attached hydrogen (secondary N) is 1. The summed E-state index contributed by atoms with van der Waals surface area (Å²) < 4.78 is 0. The zero-order valence-corrected chi connectivity index (χ0v) is 21.0. The third-order valence-corrected chi connectivity index (χ3v) is 9.13. The standard InChI is InChI=1S/C27H34ClN5O2/c1-17-13-21(34)24-22(17)25(31-16-30-24)32-9-11-33(12-10-32)26(35)23(18-3-5-19(28)6-4-18)20-14-27(15-29-20)7-2-8-27/h3-6,16-17,20-21,23,29,34H,2,7-15H2,1H3/t17-,20+,21-,23+/m1/s1. The van der Waals surface area contributed by atoms with Crippen LogP contribution in [-0.4, -0.2) is 64.6 Å². The third kappa shape index (κ3) is 4.11. The maximum atomic E-state index is 14.0. The molecule has 1 aromatic heterocycles. The van der Waals surface area contributed by atoms with Gasteiger partial charge in [-0.3, -0.25) is 4.79 Å². The molecule has 4 aliphatic rings. The van der Waals surface area contributed by atoms with Crippen molar-refractivity contribution in [3.8, 4) is 0 Å². The Morgan fingerprint density at radius 1 is 1.17 bits per heavy atom. The minimum atomic E-state index is -0.511. The molecule has 4 atom stereocenters. The zero-order chi connectivity index (χ0) is 24.2. The fourth-order valence-corrected chi connectivity index (χ4v) is 6.88. The van der Waals surface area contributed by atoms with E-state index in [1.807, 2.05) is 29.2 Å². The number of nitrogens with zero attached hydrogens (tertiary/aromatic N) is 4. The van der Waals surface area contributed by atoms with Crippen molar-refractivity contribution in [3.63, 3.8) is 0 Å². The molecular weight excluding hydrogens is 462 g/mol. The molecule has 2 saturated heterocycles. The van der Waals surface area contributed by atoms with Crippen molar-refractivity contribution in [2.24, 2.45) is 5.41 Å². The lowest BCUT2D eigenvalue weighted by Crippen LogP contribution is -2.52. The van der Waals surface area contributed by atoms with E-state index >= 15 is 0 Å². The van der Waals surface area contributed by atoms with Crippen molar-refractivity contribution in [1.29, 1.82) is 0 Å². The number of halogens is 1. The molecule has 186 valence electrons. The van der Waals surface area contributed by atoms with Crippen LogP contribution in [0.5, 0.6) is 0 Å². The summed E-state index contributed by atoms with van der Waals surface area (Å²) in [6.45, 7) is 5.93. The highest BCUT2D eigenvalue weighted by Gasteiger charge is 2.48. The van der Waals surface area contributed by atoms with E-state index in [0.29, 0.717) is 29.9 Å². The molecule has 1 amide bonds. The zero-order valence-electron chi connectivity index (χ0n) is 20.3. The summed E-state index contributed by atoms with van der Waals surface area (Å²) in [4.78, 5) is 27.2. The molecular formula is C27H34ClN5O2. The van der Waals surface area contributed by atoms with Crippen LogP contribution in [0.2, 0.25) is 5.02 Å². The number of aliphatic hydroxyl groups excluding tert-OH is 1. The molecule has 0 unspecified atom stereocenters. The molecule has 6 rings (SSSR count). The van der Waals surface area contributed by atoms with Gasteiger partial charge in [-0.15, -0.1) is 0 Å². The Labute approximate surface area is 211 Å². The van der Waals surface area contributed by atoms with Crippen molar-refractivity contribution in [1.82, 2.24) is 20.2 Å². The molecule has 35 heavy (non-hydrogen) atoms. The predicted octanol–water partition coefficient (Wildman–Crippen LogP) is 3.64. The molecule has 3 fully saturated rings. The van der Waals surface area contributed by atoms with Crippen LogP contribution < -0.4 is 10.2 Å². The van der Waals surface area contributed by atoms with Gasteiger partial charge < -0.3 is 20.2 Å². The smallest absolute Gasteiger partial charge is 0.231 e. The molecule has 2 aromatic rings.